The van der Waals surface area contributed by atoms with E-state index in [4.69, 9.17) is 15.8 Å². The molecule has 4 aromatic heterocycles. The van der Waals surface area contributed by atoms with Crippen LogP contribution in [0.2, 0.25) is 0 Å². The largest absolute Gasteiger partial charge is 0.456 e. The van der Waals surface area contributed by atoms with Gasteiger partial charge < -0.3 is 8.98 Å². The van der Waals surface area contributed by atoms with E-state index in [0.717, 1.165) is 89.0 Å². The number of aromatic nitrogens is 3. The van der Waals surface area contributed by atoms with E-state index in [-0.39, 0.29) is 0 Å². The Morgan fingerprint density at radius 2 is 1.12 bits per heavy atom. The van der Waals surface area contributed by atoms with Crippen molar-refractivity contribution in [2.45, 2.75) is 6.92 Å². The molecule has 0 saturated heterocycles. The number of hydrogen-bond donors (Lipinski definition) is 0. The molecule has 0 N–H and O–H groups in total. The van der Waals surface area contributed by atoms with Crippen LogP contribution < -0.4 is 0 Å². The lowest BCUT2D eigenvalue weighted by atomic mass is 10.0. The normalized spacial score (nSPS) is 12.2. The maximum absolute atomic E-state index is 6.32. The van der Waals surface area contributed by atoms with Crippen LogP contribution in [0.4, 0.5) is 0 Å². The Hall–Kier alpha value is -7.87. The molecule has 0 atom stereocenters. The van der Waals surface area contributed by atoms with Gasteiger partial charge in [-0.2, -0.15) is 0 Å². The molecule has 58 heavy (non-hydrogen) atoms. The van der Waals surface area contributed by atoms with Gasteiger partial charge in [-0.3, -0.25) is 4.57 Å². The molecule has 0 fully saturated rings. The minimum absolute atomic E-state index is 0.846. The van der Waals surface area contributed by atoms with Gasteiger partial charge in [0, 0.05) is 44.1 Å². The van der Waals surface area contributed by atoms with Crippen LogP contribution in [0.25, 0.3) is 105 Å². The SMILES string of the molecule is C#C/C=C\C(=C/C)c1cc(-c2ccccc2)cc(-n2c3ccccc3c3cc(-c4ccc5c(c4)c4ccccc4n5-c4ccc5c(c4)oc4ccccc45)ccc32)n1. The first-order valence-corrected chi connectivity index (χ1v) is 19.5. The molecule has 0 bridgehead atoms. The molecule has 4 heterocycles. The van der Waals surface area contributed by atoms with Crippen molar-refractivity contribution in [3.63, 3.8) is 0 Å². The van der Waals surface area contributed by atoms with Crippen molar-refractivity contribution < 1.29 is 4.42 Å². The Balaban J connectivity index is 1.07. The maximum Gasteiger partial charge on any atom is 0.138 e. The van der Waals surface area contributed by atoms with Crippen molar-refractivity contribution in [1.82, 2.24) is 14.1 Å². The zero-order valence-electron chi connectivity index (χ0n) is 31.7. The van der Waals surface area contributed by atoms with Crippen LogP contribution in [0.5, 0.6) is 0 Å². The van der Waals surface area contributed by atoms with Gasteiger partial charge in [0.1, 0.15) is 17.0 Å². The van der Waals surface area contributed by atoms with Crippen LogP contribution >= 0.6 is 0 Å². The van der Waals surface area contributed by atoms with Gasteiger partial charge in [0.25, 0.3) is 0 Å². The van der Waals surface area contributed by atoms with Crippen molar-refractivity contribution in [2.75, 3.05) is 0 Å². The highest BCUT2D eigenvalue weighted by Gasteiger charge is 2.19. The Bertz CT molecular complexity index is 3530. The van der Waals surface area contributed by atoms with Crippen molar-refractivity contribution in [1.29, 1.82) is 0 Å². The van der Waals surface area contributed by atoms with Gasteiger partial charge in [0.15, 0.2) is 0 Å². The number of fused-ring (bicyclic) bond motifs is 9. The molecule has 4 heteroatoms. The summed E-state index contributed by atoms with van der Waals surface area (Å²) in [6.07, 6.45) is 11.4. The third-order valence-electron chi connectivity index (χ3n) is 11.4. The molecule has 0 radical (unpaired) electrons. The number of hydrogen-bond acceptors (Lipinski definition) is 2. The minimum Gasteiger partial charge on any atom is -0.456 e. The van der Waals surface area contributed by atoms with Gasteiger partial charge in [0.05, 0.1) is 27.8 Å². The molecule has 272 valence electrons. The average Bonchev–Trinajstić information content (AvgIpc) is 3.93. The van der Waals surface area contributed by atoms with Crippen molar-refractivity contribution in [3.8, 4) is 46.1 Å². The predicted molar refractivity (Wildman–Crippen MR) is 243 cm³/mol. The standard InChI is InChI=1S/C54H35N3O/c1-3-5-15-35(4-2)47-32-39(36-16-7-6-8-17-36)33-54(55-47)57-49-22-13-10-19-42(49)46-31-38(25-29-51(46)57)37-24-28-50-45(30-37)41-18-9-12-21-48(41)56(50)40-26-27-44-43-20-11-14-23-52(43)58-53(44)34-40/h1,4-34H,2H3/b15-5-,35-4+. The van der Waals surface area contributed by atoms with E-state index in [1.54, 1.807) is 6.08 Å². The monoisotopic (exact) mass is 741 g/mol. The van der Waals surface area contributed by atoms with Crippen molar-refractivity contribution in [2.24, 2.45) is 0 Å². The van der Waals surface area contributed by atoms with Crippen molar-refractivity contribution >= 4 is 71.1 Å². The van der Waals surface area contributed by atoms with Crippen LogP contribution in [-0.4, -0.2) is 14.1 Å². The molecule has 4 nitrogen and oxygen atoms in total. The number of rotatable bonds is 6. The van der Waals surface area contributed by atoms with Gasteiger partial charge in [0.2, 0.25) is 0 Å². The van der Waals surface area contributed by atoms with Crippen molar-refractivity contribution in [3.05, 3.63) is 194 Å². The molecule has 0 aliphatic carbocycles. The van der Waals surface area contributed by atoms with Gasteiger partial charge in [-0.1, -0.05) is 109 Å². The molecule has 0 aliphatic rings. The lowest BCUT2D eigenvalue weighted by Crippen LogP contribution is -2.01. The molecular formula is C54H35N3O. The summed E-state index contributed by atoms with van der Waals surface area (Å²) in [7, 11) is 0. The molecule has 0 spiro atoms. The fraction of sp³-hybridized carbons (Fsp3) is 0.0185. The number of pyridine rings is 1. The van der Waals surface area contributed by atoms with Gasteiger partial charge in [-0.05, 0) is 114 Å². The highest BCUT2D eigenvalue weighted by atomic mass is 16.3. The van der Waals surface area contributed by atoms with E-state index in [1.165, 1.54) is 21.5 Å². The topological polar surface area (TPSA) is 35.9 Å². The lowest BCUT2D eigenvalue weighted by Gasteiger charge is -2.13. The van der Waals surface area contributed by atoms with Crippen LogP contribution in [0, 0.1) is 12.3 Å². The maximum atomic E-state index is 6.32. The molecule has 0 amide bonds. The Kier molecular flexibility index (Phi) is 7.74. The molecule has 7 aromatic carbocycles. The van der Waals surface area contributed by atoms with Gasteiger partial charge in [-0.15, -0.1) is 6.42 Å². The first-order chi connectivity index (χ1) is 28.7. The Morgan fingerprint density at radius 3 is 1.83 bits per heavy atom. The second-order valence-corrected chi connectivity index (χ2v) is 14.7. The average molecular weight is 742 g/mol. The number of para-hydroxylation sites is 3. The Labute approximate surface area is 335 Å². The summed E-state index contributed by atoms with van der Waals surface area (Å²) in [6, 6.07) is 60.5. The highest BCUT2D eigenvalue weighted by Crippen LogP contribution is 2.40. The molecule has 0 unspecified atom stereocenters. The fourth-order valence-electron chi connectivity index (χ4n) is 8.73. The fourth-order valence-corrected chi connectivity index (χ4v) is 8.73. The zero-order chi connectivity index (χ0) is 38.7. The van der Waals surface area contributed by atoms with Gasteiger partial charge >= 0.3 is 0 Å². The summed E-state index contributed by atoms with van der Waals surface area (Å²) in [5, 5.41) is 7.01. The van der Waals surface area contributed by atoms with E-state index in [9.17, 15) is 0 Å². The van der Waals surface area contributed by atoms with E-state index < -0.39 is 0 Å². The second kappa shape index (κ2) is 13.4. The number of allylic oxidation sites excluding steroid dienone is 4. The van der Waals surface area contributed by atoms with Crippen LogP contribution in [0.1, 0.15) is 12.6 Å². The summed E-state index contributed by atoms with van der Waals surface area (Å²) in [6.45, 7) is 2.02. The third kappa shape index (κ3) is 5.29. The summed E-state index contributed by atoms with van der Waals surface area (Å²) in [5.74, 6) is 3.48. The summed E-state index contributed by atoms with van der Waals surface area (Å²) in [4.78, 5) is 5.29. The lowest BCUT2D eigenvalue weighted by molar-refractivity contribution is 0.668. The zero-order valence-corrected chi connectivity index (χ0v) is 31.7. The number of terminal acetylenes is 1. The Morgan fingerprint density at radius 1 is 0.517 bits per heavy atom. The summed E-state index contributed by atoms with van der Waals surface area (Å²) >= 11 is 0. The van der Waals surface area contributed by atoms with E-state index in [1.807, 2.05) is 31.2 Å². The number of furan rings is 1. The van der Waals surface area contributed by atoms with Crippen LogP contribution in [0.15, 0.2) is 193 Å². The predicted octanol–water partition coefficient (Wildman–Crippen LogP) is 14.1. The van der Waals surface area contributed by atoms with Crippen LogP contribution in [-0.2, 0) is 0 Å². The molecule has 0 saturated carbocycles. The highest BCUT2D eigenvalue weighted by molar-refractivity contribution is 6.13. The molecule has 0 aliphatic heterocycles. The molecular weight excluding hydrogens is 707 g/mol. The first-order valence-electron chi connectivity index (χ1n) is 19.5. The minimum atomic E-state index is 0.846. The number of nitrogens with zero attached hydrogens (tertiary/aromatic N) is 3. The van der Waals surface area contributed by atoms with E-state index in [2.05, 4.69) is 173 Å². The summed E-state index contributed by atoms with van der Waals surface area (Å²) in [5.41, 5.74) is 13.7. The quantitative estimate of drug-likeness (QED) is 0.126. The van der Waals surface area contributed by atoms with E-state index >= 15 is 0 Å². The van der Waals surface area contributed by atoms with E-state index in [0.29, 0.717) is 0 Å². The third-order valence-corrected chi connectivity index (χ3v) is 11.4. The van der Waals surface area contributed by atoms with Gasteiger partial charge in [-0.25, -0.2) is 4.98 Å². The number of benzene rings is 7. The smallest absolute Gasteiger partial charge is 0.138 e. The first kappa shape index (κ1) is 33.5. The second-order valence-electron chi connectivity index (χ2n) is 14.7. The summed E-state index contributed by atoms with van der Waals surface area (Å²) < 4.78 is 11.0. The molecule has 11 rings (SSSR count). The molecule has 11 aromatic rings. The van der Waals surface area contributed by atoms with Crippen LogP contribution in [0.3, 0.4) is 0 Å².